The van der Waals surface area contributed by atoms with Crippen LogP contribution in [0.2, 0.25) is 0 Å². The first-order chi connectivity index (χ1) is 39.7. The smallest absolute Gasteiger partial charge is 0.0622 e. The largest absolute Gasteiger partial charge is 0.0636 e. The number of hydrogen-bond acceptors (Lipinski definition) is 0. The van der Waals surface area contributed by atoms with Crippen molar-refractivity contribution in [2.45, 2.75) is 0 Å². The van der Waals surface area contributed by atoms with Crippen LogP contribution in [-0.2, 0) is 0 Å². The van der Waals surface area contributed by atoms with Crippen LogP contribution in [-0.4, -0.2) is 0 Å². The monoisotopic (exact) mass is 711 g/mol. The third-order valence-corrected chi connectivity index (χ3v) is 9.46. The Balaban J connectivity index is 1.35. The minimum Gasteiger partial charge on any atom is -0.0622 e. The van der Waals surface area contributed by atoms with Crippen molar-refractivity contribution < 1.29 is 42.5 Å². The van der Waals surface area contributed by atoms with E-state index in [1.54, 1.807) is 0 Å². The van der Waals surface area contributed by atoms with Gasteiger partial charge >= 0.3 is 0 Å². The minimum atomic E-state index is -1.21. The van der Waals surface area contributed by atoms with Crippen LogP contribution in [0.1, 0.15) is 42.5 Å². The molecule has 0 aliphatic rings. The molecule has 0 atom stereocenters. The lowest BCUT2D eigenvalue weighted by Crippen LogP contribution is -1.92. The van der Waals surface area contributed by atoms with E-state index in [2.05, 4.69) is 0 Å². The van der Waals surface area contributed by atoms with Gasteiger partial charge in [0.2, 0.25) is 0 Å². The lowest BCUT2D eigenvalue weighted by Gasteiger charge is -2.19. The highest BCUT2D eigenvalue weighted by molar-refractivity contribution is 6.27. The molecule has 0 N–H and O–H groups in total. The van der Waals surface area contributed by atoms with Crippen LogP contribution in [0.15, 0.2) is 193 Å². The Morgan fingerprint density at radius 3 is 1.48 bits per heavy atom. The Hall–Kier alpha value is -7.02. The number of hydrogen-bond donors (Lipinski definition) is 0. The molecule has 0 aliphatic carbocycles. The van der Waals surface area contributed by atoms with E-state index in [-0.39, 0.29) is 26.9 Å². The van der Waals surface area contributed by atoms with Crippen LogP contribution < -0.4 is 0 Å². The van der Waals surface area contributed by atoms with Crippen molar-refractivity contribution in [1.82, 2.24) is 0 Å². The zero-order valence-corrected chi connectivity index (χ0v) is 27.1. The summed E-state index contributed by atoms with van der Waals surface area (Å²) in [6, 6.07) is -27.4. The van der Waals surface area contributed by atoms with Gasteiger partial charge in [-0.05, 0) is 138 Å². The predicted molar refractivity (Wildman–Crippen MR) is 233 cm³/mol. The van der Waals surface area contributed by atoms with Crippen molar-refractivity contribution in [3.8, 4) is 44.5 Å². The second-order valence-electron chi connectivity index (χ2n) is 12.3. The lowest BCUT2D eigenvalue weighted by atomic mass is 9.85. The van der Waals surface area contributed by atoms with Crippen LogP contribution >= 0.6 is 0 Å². The molecule has 0 nitrogen and oxygen atoms in total. The lowest BCUT2D eigenvalue weighted by molar-refractivity contribution is 1.58. The molecule has 12 aromatic rings. The molecule has 0 saturated heterocycles. The van der Waals surface area contributed by atoms with Gasteiger partial charge in [-0.1, -0.05) is 175 Å². The summed E-state index contributed by atoms with van der Waals surface area (Å²) in [7, 11) is 0. The van der Waals surface area contributed by atoms with Gasteiger partial charge in [0.1, 0.15) is 0 Å². The molecule has 0 aromatic heterocycles. The van der Waals surface area contributed by atoms with Gasteiger partial charge < -0.3 is 0 Å². The molecule has 0 unspecified atom stereocenters. The number of rotatable bonds is 4. The van der Waals surface area contributed by atoms with E-state index in [1.165, 1.54) is 0 Å². The summed E-state index contributed by atoms with van der Waals surface area (Å²) in [5.74, 6) is 0. The molecular formula is C54H32. The fourth-order valence-electron chi connectivity index (χ4n) is 7.12. The van der Waals surface area contributed by atoms with Crippen LogP contribution in [0.25, 0.3) is 120 Å². The van der Waals surface area contributed by atoms with E-state index in [1.807, 2.05) is 0 Å². The molecule has 0 aliphatic heterocycles. The molecular weight excluding hydrogens is 649 g/mol. The molecule has 54 heavy (non-hydrogen) atoms. The summed E-state index contributed by atoms with van der Waals surface area (Å²) >= 11 is 0. The summed E-state index contributed by atoms with van der Waals surface area (Å²) in [4.78, 5) is 0. The minimum absolute atomic E-state index is 0.249. The summed E-state index contributed by atoms with van der Waals surface area (Å²) in [6.45, 7) is 0. The van der Waals surface area contributed by atoms with Gasteiger partial charge in [-0.3, -0.25) is 0 Å². The topological polar surface area (TPSA) is 0 Å². The van der Waals surface area contributed by atoms with Gasteiger partial charge in [0.05, 0.1) is 42.5 Å². The molecule has 248 valence electrons. The van der Waals surface area contributed by atoms with E-state index in [9.17, 15) is 21.9 Å². The predicted octanol–water partition coefficient (Wildman–Crippen LogP) is 15.3. The molecule has 0 spiro atoms. The summed E-state index contributed by atoms with van der Waals surface area (Å²) < 4.78 is 286. The highest BCUT2D eigenvalue weighted by Gasteiger charge is 2.18. The van der Waals surface area contributed by atoms with Crippen molar-refractivity contribution in [1.29, 1.82) is 0 Å². The fourth-order valence-corrected chi connectivity index (χ4v) is 7.12. The molecule has 0 saturated carbocycles. The molecule has 12 rings (SSSR count). The average molecular weight is 712 g/mol. The maximum Gasteiger partial charge on any atom is 0.0636 e. The first kappa shape index (κ1) is 12.5. The first-order valence-electron chi connectivity index (χ1n) is 31.8. The summed E-state index contributed by atoms with van der Waals surface area (Å²) in [6.07, 6.45) is 0. The maximum absolute atomic E-state index is 10.3. The molecule has 0 amide bonds. The van der Waals surface area contributed by atoms with Crippen LogP contribution in [0.5, 0.6) is 0 Å². The molecule has 0 bridgehead atoms. The Bertz CT molecular complexity index is 5190. The molecule has 0 heterocycles. The zero-order chi connectivity index (χ0) is 62.3. The standard InChI is InChI=1S/C54H32/c1-2-8-33(9-3-1)49-31-40(24-27-45(49)44-25-20-38-18-16-34-11-6-13-36-22-28-47(44)53(38)51(34)36)42-30-41-10-4-5-15-43(41)50(32-42)46-26-21-39-19-17-35-12-7-14-37-23-29-48(46)54(39)52(35)37/h1-32H/i1D,2D,3D,4D,5D,6D,7D,8D,9D,10D,11D,12D,13D,14D,15D,16D,17D,18D,19D,20D,21D,22D,23D,24D,25D,26D,27D,28D,30D,31D,32D. The summed E-state index contributed by atoms with van der Waals surface area (Å²) in [5.41, 5.74) is -7.01. The third-order valence-electron chi connectivity index (χ3n) is 9.46. The average Bonchev–Trinajstić information content (AvgIpc) is 0.750. The van der Waals surface area contributed by atoms with Gasteiger partial charge in [0.25, 0.3) is 0 Å². The van der Waals surface area contributed by atoms with Gasteiger partial charge in [0.15, 0.2) is 0 Å². The normalized spacial score (nSPS) is 20.1. The van der Waals surface area contributed by atoms with Crippen molar-refractivity contribution in [2.24, 2.45) is 0 Å². The molecule has 0 fully saturated rings. The highest BCUT2D eigenvalue weighted by atomic mass is 14.2. The van der Waals surface area contributed by atoms with E-state index in [4.69, 9.17) is 20.6 Å². The first-order valence-corrected chi connectivity index (χ1v) is 16.3. The van der Waals surface area contributed by atoms with E-state index in [0.717, 1.165) is 6.07 Å². The van der Waals surface area contributed by atoms with Crippen LogP contribution in [0.3, 0.4) is 0 Å². The SMILES string of the molecule is [2H]c1c([2H])c([2H])c(-c2c([2H])c(-c3c([2H])c(-c4c([2H])c([2H])c5c([2H])c([2H])c6c([2H])c([2H])c([2H])c7c([2H])cc4c5c76)c4c([2H])c([2H])c([2H])c([2H])c4c3[2H])c([2H])c([2H])c2-c2c([2H])c([2H])c3c([2H])c([2H])c4c([2H])c([2H])c([2H])c5c([2H])c([2H])c2c3c45)c([2H])c1[2H]. The van der Waals surface area contributed by atoms with Crippen LogP contribution in [0, 0.1) is 0 Å². The Morgan fingerprint density at radius 1 is 0.241 bits per heavy atom. The van der Waals surface area contributed by atoms with Gasteiger partial charge in [-0.15, -0.1) is 0 Å². The van der Waals surface area contributed by atoms with Gasteiger partial charge in [0, 0.05) is 0 Å². The Kier molecular flexibility index (Phi) is 2.61. The molecule has 0 radical (unpaired) electrons. The van der Waals surface area contributed by atoms with E-state index in [0.29, 0.717) is 0 Å². The third kappa shape index (κ3) is 4.26. The Labute approximate surface area is 356 Å². The van der Waals surface area contributed by atoms with Crippen molar-refractivity contribution >= 4 is 75.4 Å². The van der Waals surface area contributed by atoms with Gasteiger partial charge in [-0.2, -0.15) is 0 Å². The van der Waals surface area contributed by atoms with Crippen LogP contribution in [0.4, 0.5) is 0 Å². The van der Waals surface area contributed by atoms with Crippen molar-refractivity contribution in [3.63, 3.8) is 0 Å². The fraction of sp³-hybridized carbons (Fsp3) is 0. The van der Waals surface area contributed by atoms with Crippen molar-refractivity contribution in [3.05, 3.63) is 193 Å². The number of benzene rings is 12. The molecule has 12 aromatic carbocycles. The van der Waals surface area contributed by atoms with Gasteiger partial charge in [-0.25, -0.2) is 0 Å². The van der Waals surface area contributed by atoms with Crippen molar-refractivity contribution in [2.75, 3.05) is 0 Å². The second kappa shape index (κ2) is 11.2. The number of fused-ring (bicyclic) bond motifs is 1. The second-order valence-corrected chi connectivity index (χ2v) is 12.3. The maximum atomic E-state index is 10.3. The zero-order valence-electron chi connectivity index (χ0n) is 58.1. The molecule has 0 heteroatoms. The summed E-state index contributed by atoms with van der Waals surface area (Å²) in [5, 5.41) is -6.38. The highest BCUT2D eigenvalue weighted by Crippen LogP contribution is 2.45. The van der Waals surface area contributed by atoms with E-state index < -0.39 is 280 Å². The van der Waals surface area contributed by atoms with E-state index >= 15 is 0 Å². The quantitative estimate of drug-likeness (QED) is 0.159. The Morgan fingerprint density at radius 2 is 0.759 bits per heavy atom.